The Bertz CT molecular complexity index is 2610. The third kappa shape index (κ3) is 7.18. The highest BCUT2D eigenvalue weighted by Crippen LogP contribution is 2.81. The Hall–Kier alpha value is -3.42. The molecule has 7 N–H and O–H groups in total. The first kappa shape index (κ1) is 56.4. The molecule has 1 aromatic carbocycles. The number of fused-ring (bicyclic) bond motifs is 16. The highest BCUT2D eigenvalue weighted by molar-refractivity contribution is 5.97. The Balaban J connectivity index is 0.875. The van der Waals surface area contributed by atoms with Crippen molar-refractivity contribution in [3.8, 4) is 5.75 Å². The maximum Gasteiger partial charge on any atom is 0.341 e. The zero-order valence-corrected chi connectivity index (χ0v) is 47.5. The largest absolute Gasteiger partial charge is 0.484 e. The molecule has 1 saturated heterocycles. The first-order chi connectivity index (χ1) is 36.6. The van der Waals surface area contributed by atoms with Gasteiger partial charge in [-0.05, 0) is 177 Å². The number of carboxylic acid groups (broad SMARTS) is 2. The van der Waals surface area contributed by atoms with E-state index in [9.17, 15) is 54.9 Å². The molecule has 0 radical (unpaired) electrons. The Morgan fingerprint density at radius 2 is 1.28 bits per heavy atom. The summed E-state index contributed by atoms with van der Waals surface area (Å²) < 4.78 is 35.4. The van der Waals surface area contributed by atoms with Gasteiger partial charge in [-0.25, -0.2) is 9.59 Å². The third-order valence-corrected chi connectivity index (χ3v) is 26.3. The molecule has 7 saturated carbocycles. The maximum absolute atomic E-state index is 14.0. The molecule has 3 aliphatic heterocycles. The van der Waals surface area contributed by atoms with Gasteiger partial charge in [0.2, 0.25) is 5.79 Å². The normalized spacial score (nSPS) is 51.7. The predicted octanol–water partition coefficient (Wildman–Crippen LogP) is 7.02. The third-order valence-electron chi connectivity index (χ3n) is 26.3. The van der Waals surface area contributed by atoms with Crippen molar-refractivity contribution in [3.63, 3.8) is 0 Å². The van der Waals surface area contributed by atoms with Gasteiger partial charge in [0.15, 0.2) is 12.4 Å². The van der Waals surface area contributed by atoms with Gasteiger partial charge >= 0.3 is 23.9 Å². The summed E-state index contributed by atoms with van der Waals surface area (Å²) in [5.74, 6) is -4.07. The van der Waals surface area contributed by atoms with Crippen LogP contribution in [0.25, 0.3) is 0 Å². The minimum absolute atomic E-state index is 0.000783. The van der Waals surface area contributed by atoms with Gasteiger partial charge in [-0.3, -0.25) is 9.59 Å². The van der Waals surface area contributed by atoms with E-state index in [0.29, 0.717) is 60.3 Å². The smallest absolute Gasteiger partial charge is 0.341 e. The topological polar surface area (TPSA) is 265 Å². The van der Waals surface area contributed by atoms with Crippen molar-refractivity contribution in [2.45, 2.75) is 200 Å². The number of esters is 2. The van der Waals surface area contributed by atoms with E-state index >= 15 is 0 Å². The summed E-state index contributed by atoms with van der Waals surface area (Å²) in [7, 11) is 2.58. The molecule has 7 aliphatic carbocycles. The molecular formula is C61H88O17. The number of benzene rings is 1. The molecule has 17 heteroatoms. The molecule has 78 heavy (non-hydrogen) atoms. The number of carboxylic acids is 2. The van der Waals surface area contributed by atoms with E-state index in [1.165, 1.54) is 14.2 Å². The van der Waals surface area contributed by atoms with E-state index in [-0.39, 0.29) is 94.2 Å². The quantitative estimate of drug-likeness (QED) is 0.0917. The number of rotatable bonds is 10. The van der Waals surface area contributed by atoms with Gasteiger partial charge in [-0.2, -0.15) is 0 Å². The average molecular weight is 1090 g/mol. The number of carbonyl (C=O) groups excluding carboxylic acids is 2. The van der Waals surface area contributed by atoms with Crippen LogP contribution in [0.5, 0.6) is 5.75 Å². The van der Waals surface area contributed by atoms with Crippen LogP contribution in [0.3, 0.4) is 0 Å². The van der Waals surface area contributed by atoms with Crippen LogP contribution in [-0.2, 0) is 50.3 Å². The molecule has 0 spiro atoms. The Morgan fingerprint density at radius 3 is 1.88 bits per heavy atom. The Morgan fingerprint density at radius 1 is 0.705 bits per heavy atom. The van der Waals surface area contributed by atoms with Gasteiger partial charge in [0.25, 0.3) is 0 Å². The number of carbonyl (C=O) groups is 4. The van der Waals surface area contributed by atoms with Crippen LogP contribution < -0.4 is 4.74 Å². The van der Waals surface area contributed by atoms with Gasteiger partial charge < -0.3 is 64.2 Å². The second-order valence-electron chi connectivity index (χ2n) is 28.4. The van der Waals surface area contributed by atoms with Crippen molar-refractivity contribution >= 4 is 23.9 Å². The van der Waals surface area contributed by atoms with Crippen LogP contribution >= 0.6 is 0 Å². The standard InChI is InChI=1S/C61H88O17/c1-30-25-40-54(4,21-15-39-57(40,7)31(2)26-42(58(39,8)52(70)71)75-51-48(74-10)46(66)45(65)47(76-51)49(67)68)35-13-19-53(3)36(56(30,35)6)16-22-59(28-62)37(53)14-20-55(5)38(59)17-23-60(29-63)41(55)27-32-34(77-60)12-11-33-44(32)50(69)78-61(33,72)24-18-43(64)73-9/h11-12,30-31,35-42,45-48,51,62-63,65-66,72H,13-29H2,1-10H3,(H,67,68)(H,70,71). The van der Waals surface area contributed by atoms with E-state index in [1.807, 2.05) is 0 Å². The molecular weight excluding hydrogens is 1000 g/mol. The Kier molecular flexibility index (Phi) is 13.4. The highest BCUT2D eigenvalue weighted by Gasteiger charge is 2.77. The van der Waals surface area contributed by atoms with E-state index in [1.54, 1.807) is 19.1 Å². The van der Waals surface area contributed by atoms with Crippen LogP contribution in [0.2, 0.25) is 0 Å². The molecule has 24 atom stereocenters. The summed E-state index contributed by atoms with van der Waals surface area (Å²) >= 11 is 0. The molecule has 1 aromatic rings. The van der Waals surface area contributed by atoms with Crippen molar-refractivity contribution in [1.29, 1.82) is 0 Å². The lowest BCUT2D eigenvalue weighted by molar-refractivity contribution is -0.335. The summed E-state index contributed by atoms with van der Waals surface area (Å²) in [6.45, 7) is 18.7. The van der Waals surface area contributed by atoms with Gasteiger partial charge in [0.1, 0.15) is 29.7 Å². The number of hydrogen-bond acceptors (Lipinski definition) is 15. The molecule has 11 rings (SSSR count). The number of methoxy groups -OCH3 is 2. The SMILES string of the molecule is COC(=O)CCC1(O)OC(=O)c2c1ccc1c2CC2C(CO)(CCC3C2(C)CCC2C4(C)CCC5C6(C)CCC7C(C)(C(=O)O)C(OC8OC(C(=O)O)C(O)C(O)C8OC)CC(C)C7(C)C6CC(C)C5(C)C4CCC32CO)O1. The number of cyclic esters (lactones) is 1. The fourth-order valence-corrected chi connectivity index (χ4v) is 22.4. The van der Waals surface area contributed by atoms with Gasteiger partial charge in [0, 0.05) is 42.6 Å². The first-order valence-corrected chi connectivity index (χ1v) is 29.4. The predicted molar refractivity (Wildman–Crippen MR) is 279 cm³/mol. The molecule has 434 valence electrons. The summed E-state index contributed by atoms with van der Waals surface area (Å²) in [5, 5.41) is 78.3. The van der Waals surface area contributed by atoms with Crippen LogP contribution in [0, 0.1) is 91.2 Å². The zero-order valence-electron chi connectivity index (χ0n) is 47.5. The van der Waals surface area contributed by atoms with Crippen molar-refractivity contribution < 1.29 is 83.3 Å². The molecule has 17 nitrogen and oxygen atoms in total. The van der Waals surface area contributed by atoms with Gasteiger partial charge in [0.05, 0.1) is 37.2 Å². The Labute approximate surface area is 458 Å². The molecule has 0 bridgehead atoms. The van der Waals surface area contributed by atoms with Crippen molar-refractivity contribution in [3.05, 3.63) is 28.8 Å². The fraction of sp³-hybridized carbons (Fsp3) is 0.836. The van der Waals surface area contributed by atoms with E-state index in [2.05, 4.69) is 48.5 Å². The van der Waals surface area contributed by atoms with E-state index < -0.39 is 82.9 Å². The second kappa shape index (κ2) is 18.5. The minimum atomic E-state index is -2.00. The van der Waals surface area contributed by atoms with Crippen LogP contribution in [0.1, 0.15) is 167 Å². The number of hydrogen-bond donors (Lipinski definition) is 7. The molecule has 0 amide bonds. The molecule has 3 heterocycles. The monoisotopic (exact) mass is 1090 g/mol. The number of aliphatic hydroxyl groups is 5. The lowest BCUT2D eigenvalue weighted by atomic mass is 9.27. The highest BCUT2D eigenvalue weighted by atomic mass is 16.7. The minimum Gasteiger partial charge on any atom is -0.484 e. The van der Waals surface area contributed by atoms with Crippen molar-refractivity contribution in [2.24, 2.45) is 91.2 Å². The summed E-state index contributed by atoms with van der Waals surface area (Å²) in [6, 6.07) is 3.40. The maximum atomic E-state index is 14.0. The van der Waals surface area contributed by atoms with Crippen LogP contribution in [-0.4, -0.2) is 129 Å². The second-order valence-corrected chi connectivity index (χ2v) is 28.4. The molecule has 10 aliphatic rings. The first-order valence-electron chi connectivity index (χ1n) is 29.4. The molecule has 24 unspecified atom stereocenters. The summed E-state index contributed by atoms with van der Waals surface area (Å²) in [6.07, 6.45) is 1.22. The van der Waals surface area contributed by atoms with E-state index in [4.69, 9.17) is 28.4 Å². The lowest BCUT2D eigenvalue weighted by Crippen LogP contribution is -2.73. The number of ether oxygens (including phenoxy) is 6. The van der Waals surface area contributed by atoms with Gasteiger partial charge in [-0.1, -0.05) is 48.5 Å². The van der Waals surface area contributed by atoms with Crippen LogP contribution in [0.4, 0.5) is 0 Å². The number of aliphatic carboxylic acids is 2. The van der Waals surface area contributed by atoms with Crippen molar-refractivity contribution in [2.75, 3.05) is 27.4 Å². The summed E-state index contributed by atoms with van der Waals surface area (Å²) in [4.78, 5) is 52.1. The lowest BCUT2D eigenvalue weighted by Gasteiger charge is -2.77. The molecule has 8 fully saturated rings. The zero-order chi connectivity index (χ0) is 56.5. The van der Waals surface area contributed by atoms with Gasteiger partial charge in [-0.15, -0.1) is 0 Å². The summed E-state index contributed by atoms with van der Waals surface area (Å²) in [5.41, 5.74) is -2.50. The fourth-order valence-electron chi connectivity index (χ4n) is 22.4. The number of aliphatic hydroxyl groups excluding tert-OH is 4. The van der Waals surface area contributed by atoms with E-state index in [0.717, 1.165) is 57.8 Å². The van der Waals surface area contributed by atoms with Crippen molar-refractivity contribution in [1.82, 2.24) is 0 Å². The average Bonchev–Trinajstić information content (AvgIpc) is 2.52. The van der Waals surface area contributed by atoms with Crippen LogP contribution in [0.15, 0.2) is 12.1 Å². The molecule has 0 aromatic heterocycles.